The molecule has 3 rings (SSSR count). The van der Waals surface area contributed by atoms with Crippen LogP contribution in [0.1, 0.15) is 48.7 Å². The number of likely N-dealkylation sites (N-methyl/N-ethyl adjacent to an activating group) is 1. The number of pyridine rings is 1. The van der Waals surface area contributed by atoms with Gasteiger partial charge in [0.25, 0.3) is 0 Å². The van der Waals surface area contributed by atoms with Crippen LogP contribution in [0, 0.1) is 0 Å². The zero-order valence-electron chi connectivity index (χ0n) is 17.4. The zero-order valence-corrected chi connectivity index (χ0v) is 17.4. The van der Waals surface area contributed by atoms with Crippen molar-refractivity contribution in [2.45, 2.75) is 52.3 Å². The molecule has 0 spiro atoms. The Hall–Kier alpha value is -2.40. The van der Waals surface area contributed by atoms with Crippen molar-refractivity contribution in [2.24, 2.45) is 0 Å². The first-order valence-corrected chi connectivity index (χ1v) is 10.2. The molecule has 0 bridgehead atoms. The van der Waals surface area contributed by atoms with Crippen LogP contribution in [0.25, 0.3) is 0 Å². The Kier molecular flexibility index (Phi) is 6.68. The highest BCUT2D eigenvalue weighted by Gasteiger charge is 2.29. The molecule has 0 N–H and O–H groups in total. The monoisotopic (exact) mass is 381 g/mol. The van der Waals surface area contributed by atoms with Gasteiger partial charge in [-0.05, 0) is 57.0 Å². The van der Waals surface area contributed by atoms with Crippen molar-refractivity contribution in [1.82, 2.24) is 9.88 Å². The predicted molar refractivity (Wildman–Crippen MR) is 113 cm³/mol. The summed E-state index contributed by atoms with van der Waals surface area (Å²) in [6.07, 6.45) is 3.71. The maximum Gasteiger partial charge on any atom is 0.342 e. The van der Waals surface area contributed by atoms with E-state index in [2.05, 4.69) is 53.0 Å². The van der Waals surface area contributed by atoms with E-state index in [4.69, 9.17) is 4.74 Å². The van der Waals surface area contributed by atoms with Gasteiger partial charge in [0.15, 0.2) is 0 Å². The zero-order chi connectivity index (χ0) is 20.1. The fourth-order valence-corrected chi connectivity index (χ4v) is 3.83. The number of benzene rings is 1. The lowest BCUT2D eigenvalue weighted by atomic mass is 10.0. The summed E-state index contributed by atoms with van der Waals surface area (Å²) >= 11 is 0. The van der Waals surface area contributed by atoms with Gasteiger partial charge in [0.1, 0.15) is 11.4 Å². The minimum atomic E-state index is -0.299. The molecule has 5 nitrogen and oxygen atoms in total. The summed E-state index contributed by atoms with van der Waals surface area (Å²) in [4.78, 5) is 21.6. The average molecular weight is 382 g/mol. The first kappa shape index (κ1) is 20.3. The van der Waals surface area contributed by atoms with E-state index in [1.54, 1.807) is 12.3 Å². The number of carbonyl (C=O) groups excluding carboxylic acids is 1. The molecule has 0 aliphatic carbocycles. The SMILES string of the molecule is CCc1ccccc1CN(C)C1CCN(c2ncccc2C(=O)OC(C)C)C1. The summed E-state index contributed by atoms with van der Waals surface area (Å²) in [5.41, 5.74) is 3.36. The molecular weight excluding hydrogens is 350 g/mol. The number of hydrogen-bond donors (Lipinski definition) is 0. The normalized spacial score (nSPS) is 16.8. The molecule has 0 saturated carbocycles. The number of anilines is 1. The van der Waals surface area contributed by atoms with Crippen LogP contribution in [0.2, 0.25) is 0 Å². The van der Waals surface area contributed by atoms with E-state index >= 15 is 0 Å². The third-order valence-corrected chi connectivity index (χ3v) is 5.35. The molecule has 1 fully saturated rings. The van der Waals surface area contributed by atoms with Gasteiger partial charge in [0, 0.05) is 31.9 Å². The van der Waals surface area contributed by atoms with Crippen molar-refractivity contribution < 1.29 is 9.53 Å². The highest BCUT2D eigenvalue weighted by atomic mass is 16.5. The molecular formula is C23H31N3O2. The molecule has 1 aromatic carbocycles. The van der Waals surface area contributed by atoms with Crippen molar-refractivity contribution in [3.63, 3.8) is 0 Å². The average Bonchev–Trinajstić information content (AvgIpc) is 3.18. The van der Waals surface area contributed by atoms with Crippen molar-refractivity contribution >= 4 is 11.8 Å². The second-order valence-electron chi connectivity index (χ2n) is 7.75. The van der Waals surface area contributed by atoms with Gasteiger partial charge in [-0.25, -0.2) is 9.78 Å². The summed E-state index contributed by atoms with van der Waals surface area (Å²) in [7, 11) is 2.19. The Bertz CT molecular complexity index is 806. The maximum atomic E-state index is 12.5. The number of esters is 1. The van der Waals surface area contributed by atoms with Crippen LogP contribution in [0.5, 0.6) is 0 Å². The summed E-state index contributed by atoms with van der Waals surface area (Å²) in [6.45, 7) is 8.63. The van der Waals surface area contributed by atoms with Crippen LogP contribution in [-0.4, -0.2) is 48.1 Å². The lowest BCUT2D eigenvalue weighted by Gasteiger charge is -2.26. The highest BCUT2D eigenvalue weighted by molar-refractivity contribution is 5.94. The molecule has 1 atom stereocenters. The van der Waals surface area contributed by atoms with Crippen LogP contribution in [0.3, 0.4) is 0 Å². The second kappa shape index (κ2) is 9.20. The summed E-state index contributed by atoms with van der Waals surface area (Å²) in [5.74, 6) is 0.435. The first-order chi connectivity index (χ1) is 13.5. The van der Waals surface area contributed by atoms with Crippen LogP contribution in [0.4, 0.5) is 5.82 Å². The second-order valence-corrected chi connectivity index (χ2v) is 7.75. The molecule has 1 aliphatic rings. The fourth-order valence-electron chi connectivity index (χ4n) is 3.83. The minimum Gasteiger partial charge on any atom is -0.459 e. The topological polar surface area (TPSA) is 45.7 Å². The van der Waals surface area contributed by atoms with E-state index < -0.39 is 0 Å². The smallest absolute Gasteiger partial charge is 0.342 e. The van der Waals surface area contributed by atoms with Gasteiger partial charge in [0.05, 0.1) is 6.10 Å². The van der Waals surface area contributed by atoms with Gasteiger partial charge in [-0.2, -0.15) is 0 Å². The standard InChI is InChI=1S/C23H31N3O2/c1-5-18-9-6-7-10-19(18)15-25(4)20-12-14-26(16-20)22-21(11-8-13-24-22)23(27)28-17(2)3/h6-11,13,17,20H,5,12,14-16H2,1-4H3. The molecule has 0 amide bonds. The van der Waals surface area contributed by atoms with Gasteiger partial charge in [-0.3, -0.25) is 4.90 Å². The van der Waals surface area contributed by atoms with Gasteiger partial charge < -0.3 is 9.64 Å². The van der Waals surface area contributed by atoms with E-state index in [1.807, 2.05) is 19.9 Å². The number of aryl methyl sites for hydroxylation is 1. The van der Waals surface area contributed by atoms with Gasteiger partial charge in [0.2, 0.25) is 0 Å². The van der Waals surface area contributed by atoms with Crippen LogP contribution in [-0.2, 0) is 17.7 Å². The maximum absolute atomic E-state index is 12.5. The third-order valence-electron chi connectivity index (χ3n) is 5.35. The van der Waals surface area contributed by atoms with E-state index in [1.165, 1.54) is 11.1 Å². The Labute approximate surface area is 168 Å². The number of aromatic nitrogens is 1. The summed E-state index contributed by atoms with van der Waals surface area (Å²) < 4.78 is 5.40. The van der Waals surface area contributed by atoms with Gasteiger partial charge >= 0.3 is 5.97 Å². The number of rotatable bonds is 7. The molecule has 2 heterocycles. The summed E-state index contributed by atoms with van der Waals surface area (Å²) in [5, 5.41) is 0. The van der Waals surface area contributed by atoms with E-state index in [9.17, 15) is 4.79 Å². The van der Waals surface area contributed by atoms with Crippen LogP contribution >= 0.6 is 0 Å². The van der Waals surface area contributed by atoms with Gasteiger partial charge in [-0.1, -0.05) is 31.2 Å². The molecule has 1 aliphatic heterocycles. The van der Waals surface area contributed by atoms with Crippen molar-refractivity contribution in [1.29, 1.82) is 0 Å². The molecule has 1 unspecified atom stereocenters. The Morgan fingerprint density at radius 2 is 2.00 bits per heavy atom. The predicted octanol–water partition coefficient (Wildman–Crippen LogP) is 3.92. The van der Waals surface area contributed by atoms with E-state index in [0.29, 0.717) is 11.6 Å². The highest BCUT2D eigenvalue weighted by Crippen LogP contribution is 2.26. The molecule has 2 aromatic rings. The first-order valence-electron chi connectivity index (χ1n) is 10.2. The third kappa shape index (κ3) is 4.71. The number of nitrogens with zero attached hydrogens (tertiary/aromatic N) is 3. The van der Waals surface area contributed by atoms with Crippen LogP contribution in [0.15, 0.2) is 42.6 Å². The van der Waals surface area contributed by atoms with Crippen molar-refractivity contribution in [3.05, 3.63) is 59.3 Å². The Balaban J connectivity index is 1.69. The molecule has 150 valence electrons. The molecule has 0 radical (unpaired) electrons. The van der Waals surface area contributed by atoms with E-state index in [0.717, 1.165) is 38.3 Å². The number of ether oxygens (including phenoxy) is 1. The molecule has 5 heteroatoms. The molecule has 28 heavy (non-hydrogen) atoms. The quantitative estimate of drug-likeness (QED) is 0.680. The largest absolute Gasteiger partial charge is 0.459 e. The fraction of sp³-hybridized carbons (Fsp3) is 0.478. The van der Waals surface area contributed by atoms with E-state index in [-0.39, 0.29) is 12.1 Å². The molecule has 1 aromatic heterocycles. The Morgan fingerprint density at radius 1 is 1.25 bits per heavy atom. The van der Waals surface area contributed by atoms with Crippen molar-refractivity contribution in [3.8, 4) is 0 Å². The van der Waals surface area contributed by atoms with Crippen molar-refractivity contribution in [2.75, 3.05) is 25.0 Å². The number of hydrogen-bond acceptors (Lipinski definition) is 5. The summed E-state index contributed by atoms with van der Waals surface area (Å²) in [6, 6.07) is 12.7. The molecule has 1 saturated heterocycles. The minimum absolute atomic E-state index is 0.142. The Morgan fingerprint density at radius 3 is 2.71 bits per heavy atom. The van der Waals surface area contributed by atoms with Gasteiger partial charge in [-0.15, -0.1) is 0 Å². The number of carbonyl (C=O) groups is 1. The lowest BCUT2D eigenvalue weighted by molar-refractivity contribution is 0.0378. The van der Waals surface area contributed by atoms with Crippen LogP contribution < -0.4 is 4.90 Å². The lowest BCUT2D eigenvalue weighted by Crippen LogP contribution is -2.35.